The molecule has 0 heterocycles. The lowest BCUT2D eigenvalue weighted by Gasteiger charge is -1.94. The Morgan fingerprint density at radius 2 is 2.22 bits per heavy atom. The molecule has 0 radical (unpaired) electrons. The van der Waals surface area contributed by atoms with Gasteiger partial charge < -0.3 is 5.11 Å². The molecule has 1 fully saturated rings. The monoisotopic (exact) mass is 126 g/mol. The van der Waals surface area contributed by atoms with Crippen LogP contribution in [0.2, 0.25) is 0 Å². The molecule has 0 aromatic rings. The zero-order valence-corrected chi connectivity index (χ0v) is 6.09. The molecule has 0 saturated heterocycles. The highest BCUT2D eigenvalue weighted by Gasteiger charge is 2.43. The summed E-state index contributed by atoms with van der Waals surface area (Å²) in [4.78, 5) is 0. The summed E-state index contributed by atoms with van der Waals surface area (Å²) in [6, 6.07) is 0. The second-order valence-electron chi connectivity index (χ2n) is 3.41. The van der Waals surface area contributed by atoms with Crippen LogP contribution in [0.3, 0.4) is 0 Å². The van der Waals surface area contributed by atoms with Crippen molar-refractivity contribution in [3.63, 3.8) is 0 Å². The van der Waals surface area contributed by atoms with Gasteiger partial charge in [0.25, 0.3) is 0 Å². The average molecular weight is 126 g/mol. The lowest BCUT2D eigenvalue weighted by Crippen LogP contribution is -1.86. The maximum atomic E-state index is 8.43. The summed E-state index contributed by atoms with van der Waals surface area (Å²) in [6.07, 6.45) is 5.23. The molecule has 0 amide bonds. The van der Waals surface area contributed by atoms with Crippen molar-refractivity contribution < 1.29 is 5.11 Å². The van der Waals surface area contributed by atoms with Crippen molar-refractivity contribution in [2.24, 2.45) is 11.3 Å². The maximum absolute atomic E-state index is 8.43. The second-order valence-corrected chi connectivity index (χ2v) is 3.41. The van der Waals surface area contributed by atoms with E-state index in [2.05, 4.69) is 19.9 Å². The first-order chi connectivity index (χ1) is 4.17. The molecule has 1 N–H and O–H groups in total. The molecule has 0 aromatic heterocycles. The lowest BCUT2D eigenvalue weighted by molar-refractivity contribution is 0.342. The van der Waals surface area contributed by atoms with Crippen LogP contribution < -0.4 is 0 Å². The largest absolute Gasteiger partial charge is 0.392 e. The predicted molar refractivity (Wildman–Crippen MR) is 38.1 cm³/mol. The summed E-state index contributed by atoms with van der Waals surface area (Å²) in [7, 11) is 0. The Morgan fingerprint density at radius 3 is 2.56 bits per heavy atom. The first-order valence-corrected chi connectivity index (χ1v) is 3.44. The molecule has 1 aliphatic rings. The normalized spacial score (nSPS) is 31.2. The van der Waals surface area contributed by atoms with Gasteiger partial charge in [0, 0.05) is 0 Å². The van der Waals surface area contributed by atoms with Gasteiger partial charge in [-0.2, -0.15) is 0 Å². The molecule has 1 nitrogen and oxygen atoms in total. The third kappa shape index (κ3) is 1.55. The topological polar surface area (TPSA) is 20.2 Å². The fourth-order valence-corrected chi connectivity index (χ4v) is 1.06. The van der Waals surface area contributed by atoms with E-state index in [4.69, 9.17) is 5.11 Å². The van der Waals surface area contributed by atoms with Crippen LogP contribution >= 0.6 is 0 Å². The van der Waals surface area contributed by atoms with E-state index < -0.39 is 0 Å². The lowest BCUT2D eigenvalue weighted by atomic mass is 10.1. The van der Waals surface area contributed by atoms with E-state index in [1.165, 1.54) is 6.42 Å². The summed E-state index contributed by atoms with van der Waals surface area (Å²) in [5, 5.41) is 8.43. The van der Waals surface area contributed by atoms with Crippen molar-refractivity contribution in [3.8, 4) is 0 Å². The van der Waals surface area contributed by atoms with Crippen molar-refractivity contribution in [3.05, 3.63) is 12.2 Å². The summed E-state index contributed by atoms with van der Waals surface area (Å²) in [5.41, 5.74) is 0.520. The van der Waals surface area contributed by atoms with Crippen molar-refractivity contribution in [1.82, 2.24) is 0 Å². The highest BCUT2D eigenvalue weighted by molar-refractivity contribution is 5.07. The minimum Gasteiger partial charge on any atom is -0.392 e. The Hall–Kier alpha value is -0.300. The highest BCUT2D eigenvalue weighted by Crippen LogP contribution is 2.52. The third-order valence-corrected chi connectivity index (χ3v) is 2.06. The molecule has 0 bridgehead atoms. The summed E-state index contributed by atoms with van der Waals surface area (Å²) in [5.74, 6) is 0.727. The molecule has 9 heavy (non-hydrogen) atoms. The predicted octanol–water partition coefficient (Wildman–Crippen LogP) is 1.58. The average Bonchev–Trinajstić information content (AvgIpc) is 2.35. The molecule has 1 aliphatic carbocycles. The van der Waals surface area contributed by atoms with Gasteiger partial charge in [-0.05, 0) is 17.8 Å². The quantitative estimate of drug-likeness (QED) is 0.557. The Kier molecular flexibility index (Phi) is 1.62. The van der Waals surface area contributed by atoms with E-state index in [1.54, 1.807) is 0 Å². The summed E-state index contributed by atoms with van der Waals surface area (Å²) in [6.45, 7) is 4.69. The maximum Gasteiger partial charge on any atom is 0.0612 e. The molecule has 1 atom stereocenters. The van der Waals surface area contributed by atoms with E-state index >= 15 is 0 Å². The fraction of sp³-hybridized carbons (Fsp3) is 0.750. The second kappa shape index (κ2) is 2.14. The van der Waals surface area contributed by atoms with Crippen molar-refractivity contribution in [2.45, 2.75) is 20.3 Å². The van der Waals surface area contributed by atoms with E-state index in [-0.39, 0.29) is 6.61 Å². The van der Waals surface area contributed by atoms with Crippen LogP contribution in [0.4, 0.5) is 0 Å². The van der Waals surface area contributed by atoms with Crippen LogP contribution in [0.5, 0.6) is 0 Å². The number of aliphatic hydroxyl groups excluding tert-OH is 1. The molecule has 1 saturated carbocycles. The Labute approximate surface area is 56.4 Å². The molecule has 1 rings (SSSR count). The number of aliphatic hydroxyl groups is 1. The van der Waals surface area contributed by atoms with Crippen LogP contribution in [0.25, 0.3) is 0 Å². The first kappa shape index (κ1) is 6.81. The van der Waals surface area contributed by atoms with Crippen molar-refractivity contribution >= 4 is 0 Å². The number of hydrogen-bond acceptors (Lipinski definition) is 1. The van der Waals surface area contributed by atoms with Gasteiger partial charge in [-0.3, -0.25) is 0 Å². The minimum absolute atomic E-state index is 0.187. The van der Waals surface area contributed by atoms with Crippen LogP contribution in [0.1, 0.15) is 20.3 Å². The number of hydrogen-bond donors (Lipinski definition) is 1. The molecule has 0 unspecified atom stereocenters. The van der Waals surface area contributed by atoms with Gasteiger partial charge in [-0.15, -0.1) is 0 Å². The third-order valence-electron chi connectivity index (χ3n) is 2.06. The molecule has 0 spiro atoms. The van der Waals surface area contributed by atoms with E-state index in [1.807, 2.05) is 6.08 Å². The number of rotatable bonds is 2. The molecule has 52 valence electrons. The number of allylic oxidation sites excluding steroid dienone is 1. The minimum atomic E-state index is 0.187. The highest BCUT2D eigenvalue weighted by atomic mass is 16.2. The first-order valence-electron chi connectivity index (χ1n) is 3.44. The van der Waals surface area contributed by atoms with E-state index in [9.17, 15) is 0 Å². The molecule has 1 heteroatoms. The smallest absolute Gasteiger partial charge is 0.0612 e. The van der Waals surface area contributed by atoms with Crippen LogP contribution in [0.15, 0.2) is 12.2 Å². The van der Waals surface area contributed by atoms with Gasteiger partial charge >= 0.3 is 0 Å². The van der Waals surface area contributed by atoms with Crippen molar-refractivity contribution in [2.75, 3.05) is 6.61 Å². The van der Waals surface area contributed by atoms with Gasteiger partial charge in [0.05, 0.1) is 6.61 Å². The van der Waals surface area contributed by atoms with Gasteiger partial charge in [-0.25, -0.2) is 0 Å². The van der Waals surface area contributed by atoms with Gasteiger partial charge in [0.15, 0.2) is 0 Å². The van der Waals surface area contributed by atoms with Crippen molar-refractivity contribution in [1.29, 1.82) is 0 Å². The molecular formula is C8H14O. The molecule has 0 aromatic carbocycles. The zero-order valence-electron chi connectivity index (χ0n) is 6.09. The molecular weight excluding hydrogens is 112 g/mol. The van der Waals surface area contributed by atoms with E-state index in [0.717, 1.165) is 5.92 Å². The fourth-order valence-electron chi connectivity index (χ4n) is 1.06. The Balaban J connectivity index is 2.27. The van der Waals surface area contributed by atoms with Gasteiger partial charge in [0.2, 0.25) is 0 Å². The van der Waals surface area contributed by atoms with Gasteiger partial charge in [0.1, 0.15) is 0 Å². The van der Waals surface area contributed by atoms with E-state index in [0.29, 0.717) is 5.41 Å². The summed E-state index contributed by atoms with van der Waals surface area (Å²) >= 11 is 0. The SMILES string of the molecule is CC1(C)C[C@H]1/C=C/CO. The van der Waals surface area contributed by atoms with Crippen LogP contribution in [-0.4, -0.2) is 11.7 Å². The standard InChI is InChI=1S/C8H14O/c1-8(2)6-7(8)4-3-5-9/h3-4,7,9H,5-6H2,1-2H3/b4-3+/t7-/m1/s1. The zero-order chi connectivity index (χ0) is 6.91. The summed E-state index contributed by atoms with van der Waals surface area (Å²) < 4.78 is 0. The Morgan fingerprint density at radius 1 is 1.67 bits per heavy atom. The van der Waals surface area contributed by atoms with Crippen LogP contribution in [-0.2, 0) is 0 Å². The van der Waals surface area contributed by atoms with Crippen LogP contribution in [0, 0.1) is 11.3 Å². The van der Waals surface area contributed by atoms with Gasteiger partial charge in [-0.1, -0.05) is 26.0 Å². The Bertz CT molecular complexity index is 125. The molecule has 0 aliphatic heterocycles.